The van der Waals surface area contributed by atoms with Crippen LogP contribution in [0.4, 0.5) is 14.4 Å². The fourth-order valence-electron chi connectivity index (χ4n) is 12.0. The molecule has 62 heavy (non-hydrogen) atoms. The van der Waals surface area contributed by atoms with Gasteiger partial charge in [0.25, 0.3) is 0 Å². The number of carboxylic acids is 1. The lowest BCUT2D eigenvalue weighted by atomic mass is 9.44. The molecule has 0 aromatic heterocycles. The average molecular weight is 890 g/mol. The van der Waals surface area contributed by atoms with Crippen LogP contribution in [0.2, 0.25) is 0 Å². The van der Waals surface area contributed by atoms with Crippen LogP contribution < -0.4 is 5.32 Å². The molecule has 2 aliphatic heterocycles. The number of nitrogens with zero attached hydrogens (tertiary/aromatic N) is 3. The SMILES string of the molecule is CCNC(=O)N(CC(C)[C@@]1(C)CCC[C@H]2C=C(C)[C@H](OC(C)=O)[C@H]([C@]3(C(=O)O)C[C@@]4(OC(=O)OC(C)(C)C)C5=CC(C)C=C(Cl)C5=NO[C@H]4[N+]3(C(=O)O)C(C)(C)C)[C@]21O)C1CC1. The summed E-state index contributed by atoms with van der Waals surface area (Å²) in [5.74, 6) is -5.96. The van der Waals surface area contributed by atoms with E-state index in [1.807, 2.05) is 26.8 Å². The van der Waals surface area contributed by atoms with Crippen molar-refractivity contribution in [2.24, 2.45) is 34.2 Å². The van der Waals surface area contributed by atoms with Crippen LogP contribution in [-0.4, -0.2) is 120 Å². The number of carbonyl (C=O) groups is 5. The standard InChI is InChI=1S/C45H65ClN4O12/c1-13-47-37(54)49(29-16-17-29)22-26(4)42(12)18-14-15-28-21-25(3)33(59-27(5)51)34(45(28,42)58)43(36(52)53)23-44(61-39(57)60-41(9,10)11)30-19-24(2)20-31(46)32(30)48-62-35(44)50(43,38(55)56)40(6,7)8/h19-21,24,26,28-29,33-35,58H,13-18,22-23H2,1-12H3,(H2-,47,52,53,54,55,56)/p+1/t24?,26?,28-,33-,34+,35+,42+,43-,44+,45+,50?/m0/s1. The Bertz CT molecular complexity index is 2020. The molecular formula is C45H66ClN4O12+. The third-order valence-corrected chi connectivity index (χ3v) is 14.9. The quantitative estimate of drug-likeness (QED) is 0.101. The summed E-state index contributed by atoms with van der Waals surface area (Å²) < 4.78 is 16.9. The zero-order chi connectivity index (χ0) is 46.3. The molecule has 6 rings (SSSR count). The van der Waals surface area contributed by atoms with Gasteiger partial charge >= 0.3 is 36.4 Å². The normalized spacial score (nSPS) is 37.0. The van der Waals surface area contributed by atoms with Crippen LogP contribution in [0.5, 0.6) is 0 Å². The van der Waals surface area contributed by atoms with Crippen LogP contribution in [-0.2, 0) is 28.6 Å². The van der Waals surface area contributed by atoms with Crippen molar-refractivity contribution in [3.05, 3.63) is 34.4 Å². The number of aliphatic carboxylic acids is 1. The molecule has 344 valence electrons. The van der Waals surface area contributed by atoms with Gasteiger partial charge in [0.05, 0.1) is 23.0 Å². The van der Waals surface area contributed by atoms with E-state index in [0.29, 0.717) is 31.4 Å². The van der Waals surface area contributed by atoms with E-state index < -0.39 is 104 Å². The number of amides is 3. The first-order chi connectivity index (χ1) is 28.6. The van der Waals surface area contributed by atoms with E-state index >= 15 is 4.79 Å². The van der Waals surface area contributed by atoms with Gasteiger partial charge in [-0.3, -0.25) is 4.79 Å². The zero-order valence-electron chi connectivity index (χ0n) is 38.2. The Morgan fingerprint density at radius 1 is 1.08 bits per heavy atom. The van der Waals surface area contributed by atoms with E-state index in [2.05, 4.69) is 10.5 Å². The summed E-state index contributed by atoms with van der Waals surface area (Å²) >= 11 is 6.84. The van der Waals surface area contributed by atoms with Crippen molar-refractivity contribution in [2.75, 3.05) is 13.1 Å². The number of esters is 1. The zero-order valence-corrected chi connectivity index (χ0v) is 38.9. The fraction of sp³-hybridized carbons (Fsp3) is 0.733. The molecule has 16 nitrogen and oxygen atoms in total. The number of quaternary nitrogens is 1. The number of ether oxygens (including phenoxy) is 3. The molecule has 4 N–H and O–H groups in total. The predicted octanol–water partition coefficient (Wildman–Crippen LogP) is 7.48. The summed E-state index contributed by atoms with van der Waals surface area (Å²) in [7, 11) is 0. The lowest BCUT2D eigenvalue weighted by Crippen LogP contribution is -2.85. The third kappa shape index (κ3) is 7.01. The van der Waals surface area contributed by atoms with Crippen molar-refractivity contribution in [3.63, 3.8) is 0 Å². The van der Waals surface area contributed by atoms with Gasteiger partial charge in [-0.1, -0.05) is 62.2 Å². The molecule has 17 heteroatoms. The second-order valence-corrected chi connectivity index (χ2v) is 21.1. The summed E-state index contributed by atoms with van der Waals surface area (Å²) in [6.45, 7) is 20.4. The predicted molar refractivity (Wildman–Crippen MR) is 228 cm³/mol. The number of rotatable bonds is 9. The molecule has 2 saturated carbocycles. The largest absolute Gasteiger partial charge is 0.518 e. The highest BCUT2D eigenvalue weighted by Crippen LogP contribution is 2.69. The summed E-state index contributed by atoms with van der Waals surface area (Å²) in [6.07, 6.45) is 0.953. The van der Waals surface area contributed by atoms with Gasteiger partial charge in [0.15, 0.2) is 0 Å². The van der Waals surface area contributed by atoms with Crippen molar-refractivity contribution in [3.8, 4) is 0 Å². The maximum atomic E-state index is 15.3. The van der Waals surface area contributed by atoms with Crippen LogP contribution in [0.1, 0.15) is 122 Å². The number of fused-ring (bicyclic) bond motifs is 4. The van der Waals surface area contributed by atoms with Gasteiger partial charge in [-0.05, 0) is 98.5 Å². The van der Waals surface area contributed by atoms with Crippen molar-refractivity contribution in [2.45, 2.75) is 168 Å². The highest BCUT2D eigenvalue weighted by Gasteiger charge is 2.91. The van der Waals surface area contributed by atoms with Crippen molar-refractivity contribution < 1.29 is 62.8 Å². The smallest absolute Gasteiger partial charge is 0.477 e. The van der Waals surface area contributed by atoms with Gasteiger partial charge in [-0.25, -0.2) is 14.4 Å². The number of allylic oxidation sites excluding steroid dienone is 3. The highest BCUT2D eigenvalue weighted by molar-refractivity contribution is 6.47. The first-order valence-electron chi connectivity index (χ1n) is 21.8. The lowest BCUT2D eigenvalue weighted by molar-refractivity contribution is -0.978. The van der Waals surface area contributed by atoms with Gasteiger partial charge in [0, 0.05) is 43.0 Å². The van der Waals surface area contributed by atoms with Gasteiger partial charge in [-0.2, -0.15) is 9.28 Å². The summed E-state index contributed by atoms with van der Waals surface area (Å²) in [5.41, 5.74) is -10.7. The first kappa shape index (κ1) is 47.3. The topological polar surface area (TPSA) is 211 Å². The second-order valence-electron chi connectivity index (χ2n) is 20.7. The number of likely N-dealkylation sites (tertiary alicyclic amines) is 1. The average Bonchev–Trinajstić information content (AvgIpc) is 3.92. The molecular weight excluding hydrogens is 824 g/mol. The Morgan fingerprint density at radius 2 is 1.73 bits per heavy atom. The van der Waals surface area contributed by atoms with E-state index in [0.717, 1.165) is 12.8 Å². The molecule has 6 aliphatic rings. The van der Waals surface area contributed by atoms with Crippen LogP contribution in [0.3, 0.4) is 0 Å². The van der Waals surface area contributed by atoms with E-state index in [9.17, 15) is 34.5 Å². The molecule has 1 saturated heterocycles. The molecule has 0 radical (unpaired) electrons. The number of carboxylic acid groups (broad SMARTS) is 2. The molecule has 0 aromatic carbocycles. The molecule has 2 heterocycles. The molecule has 3 amide bonds. The Balaban J connectivity index is 1.74. The van der Waals surface area contributed by atoms with Gasteiger partial charge in [-0.15, -0.1) is 0 Å². The van der Waals surface area contributed by atoms with Crippen molar-refractivity contribution in [1.29, 1.82) is 0 Å². The lowest BCUT2D eigenvalue weighted by Gasteiger charge is -2.65. The molecule has 3 fully saturated rings. The molecule has 4 aliphatic carbocycles. The Kier molecular flexibility index (Phi) is 12.1. The van der Waals surface area contributed by atoms with E-state index in [-0.39, 0.29) is 34.9 Å². The minimum atomic E-state index is -2.77. The number of nitrogens with one attached hydrogen (secondary N) is 1. The van der Waals surface area contributed by atoms with Gasteiger partial charge < -0.3 is 44.6 Å². The summed E-state index contributed by atoms with van der Waals surface area (Å²) in [5, 5.41) is 46.3. The van der Waals surface area contributed by atoms with E-state index in [1.165, 1.54) is 6.92 Å². The maximum absolute atomic E-state index is 15.3. The first-order valence-corrected chi connectivity index (χ1v) is 22.2. The molecule has 11 atom stereocenters. The van der Waals surface area contributed by atoms with Gasteiger partial charge in [0.2, 0.25) is 11.1 Å². The number of urea groups is 1. The van der Waals surface area contributed by atoms with Crippen LogP contribution in [0.15, 0.2) is 39.6 Å². The minimum absolute atomic E-state index is 0.0117. The fourth-order valence-corrected chi connectivity index (χ4v) is 12.3. The Hall–Kier alpha value is -4.15. The van der Waals surface area contributed by atoms with Crippen LogP contribution in [0.25, 0.3) is 0 Å². The van der Waals surface area contributed by atoms with Crippen LogP contribution in [0, 0.1) is 29.1 Å². The molecule has 0 aromatic rings. The number of aliphatic hydroxyl groups is 1. The van der Waals surface area contributed by atoms with E-state index in [4.69, 9.17) is 30.6 Å². The Labute approximate surface area is 369 Å². The van der Waals surface area contributed by atoms with E-state index in [1.54, 1.807) is 72.4 Å². The Morgan fingerprint density at radius 3 is 2.26 bits per heavy atom. The van der Waals surface area contributed by atoms with Gasteiger partial charge in [0.1, 0.15) is 23.0 Å². The van der Waals surface area contributed by atoms with Crippen LogP contribution >= 0.6 is 11.6 Å². The number of halogens is 1. The summed E-state index contributed by atoms with van der Waals surface area (Å²) in [6, 6.07) is -0.282. The highest BCUT2D eigenvalue weighted by atomic mass is 35.5. The third-order valence-electron chi connectivity index (χ3n) is 14.6. The monoisotopic (exact) mass is 889 g/mol. The molecule has 0 spiro atoms. The maximum Gasteiger partial charge on any atom is 0.518 e. The second kappa shape index (κ2) is 15.8. The number of hydrogen-bond acceptors (Lipinski definition) is 11. The molecule has 3 unspecified atom stereocenters. The molecule has 0 bridgehead atoms. The minimum Gasteiger partial charge on any atom is -0.477 e. The van der Waals surface area contributed by atoms with Crippen molar-refractivity contribution in [1.82, 2.24) is 10.2 Å². The summed E-state index contributed by atoms with van der Waals surface area (Å²) in [4.78, 5) is 79.5. The number of carbonyl (C=O) groups excluding carboxylic acids is 3. The van der Waals surface area contributed by atoms with Crippen molar-refractivity contribution >= 4 is 47.5 Å². The number of oxime groups is 1. The number of hydrogen-bond donors (Lipinski definition) is 4.